The van der Waals surface area contributed by atoms with Gasteiger partial charge in [0.25, 0.3) is 0 Å². The normalized spacial score (nSPS) is 13.1. The van der Waals surface area contributed by atoms with E-state index in [2.05, 4.69) is 5.32 Å². The average molecular weight is 292 g/mol. The maximum atomic E-state index is 12.2. The molecule has 0 radical (unpaired) electrons. The Bertz CT molecular complexity index is 447. The maximum absolute atomic E-state index is 12.2. The molecule has 0 saturated heterocycles. The molecule has 0 saturated carbocycles. The number of benzene rings is 1. The molecular formula is C17H28N2O2. The van der Waals surface area contributed by atoms with Gasteiger partial charge in [-0.2, -0.15) is 0 Å². The van der Waals surface area contributed by atoms with Gasteiger partial charge in [-0.1, -0.05) is 12.1 Å². The maximum Gasteiger partial charge on any atom is 0.225 e. The number of rotatable bonds is 6. The van der Waals surface area contributed by atoms with Gasteiger partial charge < -0.3 is 15.8 Å². The van der Waals surface area contributed by atoms with Crippen LogP contribution in [0.2, 0.25) is 0 Å². The Morgan fingerprint density at radius 3 is 2.24 bits per heavy atom. The number of nitrogens with two attached hydrogens (primary N) is 1. The van der Waals surface area contributed by atoms with Gasteiger partial charge in [0.1, 0.15) is 5.75 Å². The van der Waals surface area contributed by atoms with Crippen molar-refractivity contribution in [1.29, 1.82) is 0 Å². The first-order chi connectivity index (χ1) is 9.71. The van der Waals surface area contributed by atoms with Crippen molar-refractivity contribution in [3.8, 4) is 5.75 Å². The highest BCUT2D eigenvalue weighted by Crippen LogP contribution is 2.16. The van der Waals surface area contributed by atoms with E-state index in [1.54, 1.807) is 0 Å². The molecule has 0 heterocycles. The number of nitrogens with one attached hydrogen (secondary N) is 1. The predicted octanol–water partition coefficient (Wildman–Crippen LogP) is 2.51. The highest BCUT2D eigenvalue weighted by molar-refractivity contribution is 5.79. The lowest BCUT2D eigenvalue weighted by molar-refractivity contribution is -0.126. The first-order valence-corrected chi connectivity index (χ1v) is 7.49. The van der Waals surface area contributed by atoms with Crippen LogP contribution < -0.4 is 15.8 Å². The number of ether oxygens (including phenoxy) is 1. The third kappa shape index (κ3) is 6.63. The lowest BCUT2D eigenvalue weighted by Gasteiger charge is -2.24. The van der Waals surface area contributed by atoms with Crippen LogP contribution >= 0.6 is 0 Å². The van der Waals surface area contributed by atoms with E-state index in [0.717, 1.165) is 11.3 Å². The molecule has 1 aromatic rings. The Labute approximate surface area is 128 Å². The molecule has 1 aromatic carbocycles. The molecule has 0 aliphatic carbocycles. The van der Waals surface area contributed by atoms with Gasteiger partial charge in [0, 0.05) is 12.1 Å². The molecule has 21 heavy (non-hydrogen) atoms. The minimum absolute atomic E-state index is 0.00695. The van der Waals surface area contributed by atoms with Gasteiger partial charge in [0.2, 0.25) is 5.91 Å². The molecule has 4 nitrogen and oxygen atoms in total. The van der Waals surface area contributed by atoms with Gasteiger partial charge in [-0.25, -0.2) is 0 Å². The van der Waals surface area contributed by atoms with Crippen LogP contribution in [0.15, 0.2) is 24.3 Å². The monoisotopic (exact) mass is 292 g/mol. The fourth-order valence-corrected chi connectivity index (χ4v) is 2.02. The second kappa shape index (κ2) is 7.46. The van der Waals surface area contributed by atoms with E-state index in [-0.39, 0.29) is 23.5 Å². The number of hydrogen-bond acceptors (Lipinski definition) is 3. The zero-order valence-corrected chi connectivity index (χ0v) is 13.8. The fraction of sp³-hybridized carbons (Fsp3) is 0.588. The first kappa shape index (κ1) is 17.5. The van der Waals surface area contributed by atoms with Crippen LogP contribution in [0.5, 0.6) is 5.75 Å². The summed E-state index contributed by atoms with van der Waals surface area (Å²) in [5.74, 6) is 0.644. The first-order valence-electron chi connectivity index (χ1n) is 7.49. The lowest BCUT2D eigenvalue weighted by Crippen LogP contribution is -2.46. The Hall–Kier alpha value is -1.55. The van der Waals surface area contributed by atoms with Crippen LogP contribution in [-0.2, 0) is 11.2 Å². The molecule has 1 unspecified atom stereocenters. The van der Waals surface area contributed by atoms with Crippen LogP contribution in [0.3, 0.4) is 0 Å². The second-order valence-corrected chi connectivity index (χ2v) is 6.69. The van der Waals surface area contributed by atoms with Crippen molar-refractivity contribution in [3.05, 3.63) is 29.8 Å². The Morgan fingerprint density at radius 1 is 1.24 bits per heavy atom. The summed E-state index contributed by atoms with van der Waals surface area (Å²) in [5.41, 5.74) is 6.60. The third-order valence-electron chi connectivity index (χ3n) is 2.93. The zero-order chi connectivity index (χ0) is 16.0. The minimum atomic E-state index is -0.237. The second-order valence-electron chi connectivity index (χ2n) is 6.69. The molecule has 0 bridgehead atoms. The number of hydrogen-bond donors (Lipinski definition) is 2. The summed E-state index contributed by atoms with van der Waals surface area (Å²) in [5, 5.41) is 2.98. The van der Waals surface area contributed by atoms with Gasteiger partial charge >= 0.3 is 0 Å². The van der Waals surface area contributed by atoms with Crippen molar-refractivity contribution in [1.82, 2.24) is 5.32 Å². The van der Waals surface area contributed by atoms with Crippen molar-refractivity contribution in [2.45, 2.75) is 52.7 Å². The molecule has 4 heteroatoms. The van der Waals surface area contributed by atoms with E-state index in [4.69, 9.17) is 10.5 Å². The fourth-order valence-electron chi connectivity index (χ4n) is 2.02. The summed E-state index contributed by atoms with van der Waals surface area (Å²) in [6, 6.07) is 7.85. The predicted molar refractivity (Wildman–Crippen MR) is 86.4 cm³/mol. The van der Waals surface area contributed by atoms with Crippen LogP contribution in [0, 0.1) is 5.92 Å². The molecule has 0 spiro atoms. The Morgan fingerprint density at radius 2 is 1.81 bits per heavy atom. The van der Waals surface area contributed by atoms with Crippen molar-refractivity contribution in [2.24, 2.45) is 11.7 Å². The zero-order valence-electron chi connectivity index (χ0n) is 13.8. The Balaban J connectivity index is 2.67. The summed E-state index contributed by atoms with van der Waals surface area (Å²) in [4.78, 5) is 12.2. The summed E-state index contributed by atoms with van der Waals surface area (Å²) in [6.07, 6.45) is 0.797. The summed E-state index contributed by atoms with van der Waals surface area (Å²) in [6.45, 7) is 10.2. The topological polar surface area (TPSA) is 64.3 Å². The van der Waals surface area contributed by atoms with Crippen LogP contribution in [0.4, 0.5) is 0 Å². The molecule has 3 N–H and O–H groups in total. The molecule has 0 aliphatic heterocycles. The number of carbonyl (C=O) groups excluding carboxylic acids is 1. The molecular weight excluding hydrogens is 264 g/mol. The van der Waals surface area contributed by atoms with Crippen molar-refractivity contribution >= 4 is 5.91 Å². The lowest BCUT2D eigenvalue weighted by atomic mass is 9.97. The smallest absolute Gasteiger partial charge is 0.225 e. The van der Waals surface area contributed by atoms with Crippen molar-refractivity contribution < 1.29 is 9.53 Å². The van der Waals surface area contributed by atoms with Gasteiger partial charge in [0.15, 0.2) is 0 Å². The highest BCUT2D eigenvalue weighted by atomic mass is 16.5. The van der Waals surface area contributed by atoms with Gasteiger partial charge in [0.05, 0.1) is 12.0 Å². The summed E-state index contributed by atoms with van der Waals surface area (Å²) < 4.78 is 5.61. The molecule has 118 valence electrons. The average Bonchev–Trinajstić information content (AvgIpc) is 2.35. The quantitative estimate of drug-likeness (QED) is 0.846. The van der Waals surface area contributed by atoms with E-state index in [9.17, 15) is 4.79 Å². The molecule has 1 amide bonds. The van der Waals surface area contributed by atoms with Crippen molar-refractivity contribution in [3.63, 3.8) is 0 Å². The standard InChI is InChI=1S/C17H28N2O2/c1-12(2)21-15-8-6-13(7-9-15)10-14(11-18)16(20)19-17(3,4)5/h6-9,12,14H,10-11,18H2,1-5H3,(H,19,20). The minimum Gasteiger partial charge on any atom is -0.491 e. The summed E-state index contributed by atoms with van der Waals surface area (Å²) >= 11 is 0. The molecule has 1 atom stereocenters. The van der Waals surface area contributed by atoms with Crippen LogP contribution in [0.1, 0.15) is 40.2 Å². The molecule has 1 rings (SSSR count). The Kier molecular flexibility index (Phi) is 6.21. The van der Waals surface area contributed by atoms with Gasteiger partial charge in [-0.15, -0.1) is 0 Å². The SMILES string of the molecule is CC(C)Oc1ccc(CC(CN)C(=O)NC(C)(C)C)cc1. The van der Waals surface area contributed by atoms with Gasteiger partial charge in [-0.05, 0) is 58.7 Å². The molecule has 0 aromatic heterocycles. The number of carbonyl (C=O) groups is 1. The van der Waals surface area contributed by atoms with Crippen LogP contribution in [0.25, 0.3) is 0 Å². The van der Waals surface area contributed by atoms with Gasteiger partial charge in [-0.3, -0.25) is 4.79 Å². The molecule has 0 fully saturated rings. The number of amides is 1. The highest BCUT2D eigenvalue weighted by Gasteiger charge is 2.22. The van der Waals surface area contributed by atoms with E-state index in [0.29, 0.717) is 13.0 Å². The van der Waals surface area contributed by atoms with E-state index in [1.165, 1.54) is 0 Å². The largest absolute Gasteiger partial charge is 0.491 e. The van der Waals surface area contributed by atoms with E-state index in [1.807, 2.05) is 58.9 Å². The van der Waals surface area contributed by atoms with Crippen molar-refractivity contribution in [2.75, 3.05) is 6.54 Å². The van der Waals surface area contributed by atoms with E-state index >= 15 is 0 Å². The third-order valence-corrected chi connectivity index (χ3v) is 2.93. The van der Waals surface area contributed by atoms with Crippen LogP contribution in [-0.4, -0.2) is 24.1 Å². The van der Waals surface area contributed by atoms with E-state index < -0.39 is 0 Å². The summed E-state index contributed by atoms with van der Waals surface area (Å²) in [7, 11) is 0. The molecule has 0 aliphatic rings.